The van der Waals surface area contributed by atoms with Crippen molar-refractivity contribution in [3.8, 4) is 0 Å². The highest BCUT2D eigenvalue weighted by atomic mass is 15.1. The highest BCUT2D eigenvalue weighted by molar-refractivity contribution is 5.23. The van der Waals surface area contributed by atoms with Crippen molar-refractivity contribution in [3.05, 3.63) is 36.0 Å². The second-order valence-corrected chi connectivity index (χ2v) is 6.56. The molecule has 0 unspecified atom stereocenters. The molecule has 1 heteroatoms. The molecule has 1 aliphatic heterocycles. The van der Waals surface area contributed by atoms with E-state index in [-0.39, 0.29) is 0 Å². The topological polar surface area (TPSA) is 3.24 Å². The fraction of sp³-hybridized carbons (Fsp3) is 0.700. The van der Waals surface area contributed by atoms with Crippen LogP contribution in [0.25, 0.3) is 0 Å². The molecule has 1 fully saturated rings. The van der Waals surface area contributed by atoms with Gasteiger partial charge in [-0.05, 0) is 51.6 Å². The molecule has 0 radical (unpaired) electrons. The second-order valence-electron chi connectivity index (χ2n) is 6.56. The molecule has 0 aromatic heterocycles. The molecule has 0 atom stereocenters. The molecule has 0 N–H and O–H groups in total. The number of piperidine rings is 1. The van der Waals surface area contributed by atoms with Gasteiger partial charge in [0.2, 0.25) is 0 Å². The van der Waals surface area contributed by atoms with Crippen LogP contribution in [0.1, 0.15) is 65.7 Å². The van der Waals surface area contributed by atoms with Crippen LogP contribution in [-0.4, -0.2) is 24.5 Å². The second kappa shape index (κ2) is 10.8. The van der Waals surface area contributed by atoms with E-state index in [9.17, 15) is 0 Å². The first-order chi connectivity index (χ1) is 10.2. The predicted molar refractivity (Wildman–Crippen MR) is 95.6 cm³/mol. The minimum atomic E-state index is 0.673. The summed E-state index contributed by atoms with van der Waals surface area (Å²) < 4.78 is 0. The van der Waals surface area contributed by atoms with E-state index in [4.69, 9.17) is 0 Å². The number of hydrogen-bond acceptors (Lipinski definition) is 1. The molecule has 0 bridgehead atoms. The number of rotatable bonds is 9. The Morgan fingerprint density at radius 1 is 1.10 bits per heavy atom. The minimum Gasteiger partial charge on any atom is -0.299 e. The summed E-state index contributed by atoms with van der Waals surface area (Å²) in [6, 6.07) is 0. The standard InChI is InChI=1S/C20H35N/c1-5-11-20(12-6-2)19(4)14-10-13-18(3)17-21-15-8-7-9-16-21/h10,13-14,20H,4-9,11-12,15-17H2,1-3H3/b14-10-,18-13+. The maximum Gasteiger partial charge on any atom is 0.0193 e. The fourth-order valence-corrected chi connectivity index (χ4v) is 3.21. The summed E-state index contributed by atoms with van der Waals surface area (Å²) >= 11 is 0. The summed E-state index contributed by atoms with van der Waals surface area (Å²) in [6.07, 6.45) is 15.9. The zero-order valence-corrected chi connectivity index (χ0v) is 14.5. The van der Waals surface area contributed by atoms with Crippen molar-refractivity contribution in [1.82, 2.24) is 4.90 Å². The summed E-state index contributed by atoms with van der Waals surface area (Å²) in [5.74, 6) is 0.673. The lowest BCUT2D eigenvalue weighted by atomic mass is 9.91. The molecule has 0 spiro atoms. The van der Waals surface area contributed by atoms with Crippen LogP contribution in [0.3, 0.4) is 0 Å². The van der Waals surface area contributed by atoms with Crippen molar-refractivity contribution in [2.45, 2.75) is 65.7 Å². The average molecular weight is 290 g/mol. The summed E-state index contributed by atoms with van der Waals surface area (Å²) in [7, 11) is 0. The van der Waals surface area contributed by atoms with Crippen molar-refractivity contribution in [2.24, 2.45) is 5.92 Å². The highest BCUT2D eigenvalue weighted by Crippen LogP contribution is 2.22. The van der Waals surface area contributed by atoms with Crippen LogP contribution in [0.2, 0.25) is 0 Å². The van der Waals surface area contributed by atoms with Crippen molar-refractivity contribution < 1.29 is 0 Å². The van der Waals surface area contributed by atoms with Crippen LogP contribution in [-0.2, 0) is 0 Å². The Hall–Kier alpha value is -0.820. The van der Waals surface area contributed by atoms with Gasteiger partial charge in [-0.15, -0.1) is 0 Å². The zero-order valence-electron chi connectivity index (χ0n) is 14.5. The SMILES string of the molecule is C=C(/C=C\C=C(/C)CN1CCCCC1)C(CCC)CCC. The first-order valence-electron chi connectivity index (χ1n) is 8.92. The van der Waals surface area contributed by atoms with E-state index in [2.05, 4.69) is 50.5 Å². The molecule has 0 aromatic rings. The molecular formula is C20H35N. The lowest BCUT2D eigenvalue weighted by Gasteiger charge is -2.26. The van der Waals surface area contributed by atoms with Gasteiger partial charge in [-0.2, -0.15) is 0 Å². The van der Waals surface area contributed by atoms with E-state index >= 15 is 0 Å². The van der Waals surface area contributed by atoms with Gasteiger partial charge in [0.15, 0.2) is 0 Å². The average Bonchev–Trinajstić information content (AvgIpc) is 2.48. The maximum absolute atomic E-state index is 4.28. The fourth-order valence-electron chi connectivity index (χ4n) is 3.21. The van der Waals surface area contributed by atoms with E-state index < -0.39 is 0 Å². The van der Waals surface area contributed by atoms with E-state index in [1.807, 2.05) is 0 Å². The number of allylic oxidation sites excluding steroid dienone is 4. The smallest absolute Gasteiger partial charge is 0.0193 e. The molecule has 1 nitrogen and oxygen atoms in total. The van der Waals surface area contributed by atoms with E-state index in [1.54, 1.807) is 0 Å². The third-order valence-corrected chi connectivity index (χ3v) is 4.41. The van der Waals surface area contributed by atoms with E-state index in [0.717, 1.165) is 6.54 Å². The third kappa shape index (κ3) is 7.66. The van der Waals surface area contributed by atoms with Gasteiger partial charge in [0.1, 0.15) is 0 Å². The van der Waals surface area contributed by atoms with Crippen LogP contribution < -0.4 is 0 Å². The van der Waals surface area contributed by atoms with Crippen molar-refractivity contribution in [3.63, 3.8) is 0 Å². The van der Waals surface area contributed by atoms with E-state index in [0.29, 0.717) is 5.92 Å². The first-order valence-corrected chi connectivity index (χ1v) is 8.92. The van der Waals surface area contributed by atoms with Crippen LogP contribution in [0.4, 0.5) is 0 Å². The lowest BCUT2D eigenvalue weighted by Crippen LogP contribution is -2.31. The van der Waals surface area contributed by atoms with Gasteiger partial charge in [0, 0.05) is 6.54 Å². The lowest BCUT2D eigenvalue weighted by molar-refractivity contribution is 0.246. The van der Waals surface area contributed by atoms with Gasteiger partial charge in [-0.3, -0.25) is 4.90 Å². The molecule has 1 saturated heterocycles. The first kappa shape index (κ1) is 18.2. The Morgan fingerprint density at radius 3 is 2.29 bits per heavy atom. The molecule has 21 heavy (non-hydrogen) atoms. The van der Waals surface area contributed by atoms with Crippen LogP contribution in [0.5, 0.6) is 0 Å². The molecule has 0 aliphatic carbocycles. The van der Waals surface area contributed by atoms with Gasteiger partial charge < -0.3 is 0 Å². The van der Waals surface area contributed by atoms with Crippen molar-refractivity contribution in [1.29, 1.82) is 0 Å². The largest absolute Gasteiger partial charge is 0.299 e. The highest BCUT2D eigenvalue weighted by Gasteiger charge is 2.10. The Labute approximate surface area is 132 Å². The molecule has 0 saturated carbocycles. The molecule has 1 rings (SSSR count). The van der Waals surface area contributed by atoms with Crippen LogP contribution in [0.15, 0.2) is 36.0 Å². The Bertz CT molecular complexity index is 339. The number of nitrogens with zero attached hydrogens (tertiary/aromatic N) is 1. The van der Waals surface area contributed by atoms with E-state index in [1.165, 1.54) is 69.2 Å². The predicted octanol–water partition coefficient (Wildman–Crippen LogP) is 5.75. The maximum atomic E-state index is 4.28. The summed E-state index contributed by atoms with van der Waals surface area (Å²) in [5.41, 5.74) is 2.77. The molecule has 0 amide bonds. The van der Waals surface area contributed by atoms with Gasteiger partial charge >= 0.3 is 0 Å². The Morgan fingerprint density at radius 2 is 1.71 bits per heavy atom. The number of hydrogen-bond donors (Lipinski definition) is 0. The van der Waals surface area contributed by atoms with Crippen LogP contribution in [0, 0.1) is 5.92 Å². The normalized spacial score (nSPS) is 17.8. The van der Waals surface area contributed by atoms with Crippen LogP contribution >= 0.6 is 0 Å². The van der Waals surface area contributed by atoms with Crippen molar-refractivity contribution >= 4 is 0 Å². The summed E-state index contributed by atoms with van der Waals surface area (Å²) in [6.45, 7) is 14.7. The molecule has 120 valence electrons. The van der Waals surface area contributed by atoms with Crippen molar-refractivity contribution in [2.75, 3.05) is 19.6 Å². The minimum absolute atomic E-state index is 0.673. The molecular weight excluding hydrogens is 254 g/mol. The quantitative estimate of drug-likeness (QED) is 0.489. The Kier molecular flexibility index (Phi) is 9.41. The summed E-state index contributed by atoms with van der Waals surface area (Å²) in [5, 5.41) is 0. The van der Waals surface area contributed by atoms with Gasteiger partial charge in [0.05, 0.1) is 0 Å². The molecule has 0 aromatic carbocycles. The summed E-state index contributed by atoms with van der Waals surface area (Å²) in [4.78, 5) is 2.58. The third-order valence-electron chi connectivity index (χ3n) is 4.41. The molecule has 1 aliphatic rings. The monoisotopic (exact) mass is 289 g/mol. The Balaban J connectivity index is 2.42. The molecule has 1 heterocycles. The van der Waals surface area contributed by atoms with Gasteiger partial charge in [-0.25, -0.2) is 0 Å². The zero-order chi connectivity index (χ0) is 15.5. The number of likely N-dealkylation sites (tertiary alicyclic amines) is 1. The van der Waals surface area contributed by atoms with Gasteiger partial charge in [-0.1, -0.05) is 69.1 Å². The van der Waals surface area contributed by atoms with Gasteiger partial charge in [0.25, 0.3) is 0 Å².